The van der Waals surface area contributed by atoms with Gasteiger partial charge in [0, 0.05) is 24.8 Å². The molecule has 1 aromatic carbocycles. The first-order valence-electron chi connectivity index (χ1n) is 10.3. The first-order valence-corrected chi connectivity index (χ1v) is 10.3. The number of hydrogen-bond acceptors (Lipinski definition) is 6. The summed E-state index contributed by atoms with van der Waals surface area (Å²) in [5.41, 5.74) is 1.29. The maximum atomic E-state index is 12.2. The van der Waals surface area contributed by atoms with Crippen molar-refractivity contribution in [3.63, 3.8) is 0 Å². The number of aromatic nitrogens is 2. The van der Waals surface area contributed by atoms with E-state index in [9.17, 15) is 10.1 Å². The number of anilines is 3. The third kappa shape index (κ3) is 3.54. The smallest absolute Gasteiger partial charge is 0.347 e. The van der Waals surface area contributed by atoms with E-state index in [0.29, 0.717) is 18.2 Å². The summed E-state index contributed by atoms with van der Waals surface area (Å²) in [7, 11) is 0. The van der Waals surface area contributed by atoms with Gasteiger partial charge in [-0.05, 0) is 49.1 Å². The predicted octanol–water partition coefficient (Wildman–Crippen LogP) is 4.95. The largest absolute Gasteiger partial charge is 0.354 e. The molecule has 2 fully saturated rings. The predicted molar refractivity (Wildman–Crippen MR) is 115 cm³/mol. The standard InChI is InChI=1S/C22H29N5O2/c1-5-25(16-9-7-6-8-10-16)19-18(27(28)29)20(24-15-23-19)26-14-22(4)12-17(26)11-21(2,3)13-22/h6-10,15,17H,5,11-14H2,1-4H3. The van der Waals surface area contributed by atoms with Gasteiger partial charge in [-0.25, -0.2) is 9.97 Å². The van der Waals surface area contributed by atoms with E-state index in [4.69, 9.17) is 0 Å². The SMILES string of the molecule is CCN(c1ccccc1)c1ncnc(N2CC3(C)CC2CC(C)(C)C3)c1[N+](=O)[O-]. The van der Waals surface area contributed by atoms with Crippen LogP contribution in [0.25, 0.3) is 0 Å². The summed E-state index contributed by atoms with van der Waals surface area (Å²) in [6.45, 7) is 10.3. The number of benzene rings is 1. The summed E-state index contributed by atoms with van der Waals surface area (Å²) in [4.78, 5) is 24.8. The van der Waals surface area contributed by atoms with Crippen LogP contribution in [0.15, 0.2) is 36.7 Å². The summed E-state index contributed by atoms with van der Waals surface area (Å²) in [6.07, 6.45) is 4.68. The summed E-state index contributed by atoms with van der Waals surface area (Å²) < 4.78 is 0. The highest BCUT2D eigenvalue weighted by Gasteiger charge is 2.51. The molecule has 2 bridgehead atoms. The Kier molecular flexibility index (Phi) is 4.71. The third-order valence-corrected chi connectivity index (χ3v) is 6.29. The number of rotatable bonds is 5. The first-order chi connectivity index (χ1) is 13.7. The minimum absolute atomic E-state index is 0.00663. The number of nitrogens with zero attached hydrogens (tertiary/aromatic N) is 5. The lowest BCUT2D eigenvalue weighted by molar-refractivity contribution is -0.383. The summed E-state index contributed by atoms with van der Waals surface area (Å²) in [5.74, 6) is 0.820. The second-order valence-corrected chi connectivity index (χ2v) is 9.55. The van der Waals surface area contributed by atoms with E-state index in [-0.39, 0.29) is 27.5 Å². The van der Waals surface area contributed by atoms with Gasteiger partial charge in [-0.15, -0.1) is 0 Å². The maximum absolute atomic E-state index is 12.2. The van der Waals surface area contributed by atoms with Crippen molar-refractivity contribution in [3.8, 4) is 0 Å². The Balaban J connectivity index is 1.80. The zero-order valence-corrected chi connectivity index (χ0v) is 17.6. The van der Waals surface area contributed by atoms with Gasteiger partial charge in [0.05, 0.1) is 4.92 Å². The van der Waals surface area contributed by atoms with Gasteiger partial charge in [-0.2, -0.15) is 0 Å². The van der Waals surface area contributed by atoms with Crippen LogP contribution in [-0.2, 0) is 0 Å². The Bertz CT molecular complexity index is 917. The Morgan fingerprint density at radius 2 is 1.93 bits per heavy atom. The van der Waals surface area contributed by atoms with Crippen molar-refractivity contribution in [2.75, 3.05) is 22.9 Å². The van der Waals surface area contributed by atoms with Crippen LogP contribution in [-0.4, -0.2) is 34.0 Å². The fourth-order valence-corrected chi connectivity index (χ4v) is 5.70. The van der Waals surface area contributed by atoms with Gasteiger partial charge in [0.25, 0.3) is 0 Å². The van der Waals surface area contributed by atoms with Gasteiger partial charge in [-0.1, -0.05) is 39.0 Å². The average Bonchev–Trinajstić information content (AvgIpc) is 2.91. The highest BCUT2D eigenvalue weighted by Crippen LogP contribution is 2.54. The van der Waals surface area contributed by atoms with Crippen LogP contribution < -0.4 is 9.80 Å². The lowest BCUT2D eigenvalue weighted by Gasteiger charge is -2.39. The fourth-order valence-electron chi connectivity index (χ4n) is 5.70. The molecule has 1 aliphatic carbocycles. The molecule has 2 aromatic rings. The van der Waals surface area contributed by atoms with Crippen molar-refractivity contribution in [1.29, 1.82) is 0 Å². The van der Waals surface area contributed by atoms with Crippen molar-refractivity contribution in [2.45, 2.75) is 53.0 Å². The van der Waals surface area contributed by atoms with Crippen molar-refractivity contribution < 1.29 is 4.92 Å². The number of para-hydroxylation sites is 1. The molecule has 154 valence electrons. The highest BCUT2D eigenvalue weighted by molar-refractivity contribution is 5.76. The molecule has 7 nitrogen and oxygen atoms in total. The molecule has 0 N–H and O–H groups in total. The van der Waals surface area contributed by atoms with Crippen LogP contribution in [0.1, 0.15) is 47.0 Å². The Morgan fingerprint density at radius 3 is 2.59 bits per heavy atom. The van der Waals surface area contributed by atoms with Gasteiger partial charge < -0.3 is 9.80 Å². The molecule has 7 heteroatoms. The van der Waals surface area contributed by atoms with E-state index in [0.717, 1.165) is 31.5 Å². The maximum Gasteiger partial charge on any atom is 0.354 e. The molecule has 4 rings (SSSR count). The molecule has 0 radical (unpaired) electrons. The van der Waals surface area contributed by atoms with Crippen molar-refractivity contribution >= 4 is 23.0 Å². The van der Waals surface area contributed by atoms with E-state index in [2.05, 4.69) is 35.6 Å². The van der Waals surface area contributed by atoms with Crippen LogP contribution in [0, 0.1) is 20.9 Å². The molecule has 0 amide bonds. The molecular formula is C22H29N5O2. The van der Waals surface area contributed by atoms with Crippen LogP contribution in [0.2, 0.25) is 0 Å². The van der Waals surface area contributed by atoms with E-state index in [1.807, 2.05) is 42.2 Å². The quantitative estimate of drug-likeness (QED) is 0.527. The zero-order chi connectivity index (χ0) is 20.8. The molecular weight excluding hydrogens is 366 g/mol. The van der Waals surface area contributed by atoms with Crippen molar-refractivity contribution in [2.24, 2.45) is 10.8 Å². The molecule has 1 saturated carbocycles. The minimum Gasteiger partial charge on any atom is -0.347 e. The normalized spacial score (nSPS) is 25.1. The van der Waals surface area contributed by atoms with Gasteiger partial charge >= 0.3 is 5.69 Å². The first kappa shape index (κ1) is 19.6. The van der Waals surface area contributed by atoms with E-state index in [1.165, 1.54) is 6.33 Å². The topological polar surface area (TPSA) is 75.4 Å². The fraction of sp³-hybridized carbons (Fsp3) is 0.545. The zero-order valence-electron chi connectivity index (χ0n) is 17.6. The highest BCUT2D eigenvalue weighted by atomic mass is 16.6. The third-order valence-electron chi connectivity index (χ3n) is 6.29. The lowest BCUT2D eigenvalue weighted by atomic mass is 9.65. The summed E-state index contributed by atoms with van der Waals surface area (Å²) in [6, 6.07) is 9.96. The van der Waals surface area contributed by atoms with Crippen LogP contribution in [0.4, 0.5) is 23.0 Å². The van der Waals surface area contributed by atoms with E-state index < -0.39 is 0 Å². The van der Waals surface area contributed by atoms with E-state index >= 15 is 0 Å². The molecule has 2 atom stereocenters. The molecule has 2 aliphatic rings. The van der Waals surface area contributed by atoms with Crippen molar-refractivity contribution in [1.82, 2.24) is 9.97 Å². The average molecular weight is 396 g/mol. The molecule has 0 spiro atoms. The second kappa shape index (κ2) is 6.97. The molecule has 2 heterocycles. The number of nitro groups is 1. The summed E-state index contributed by atoms with van der Waals surface area (Å²) >= 11 is 0. The van der Waals surface area contributed by atoms with Crippen molar-refractivity contribution in [3.05, 3.63) is 46.8 Å². The Morgan fingerprint density at radius 1 is 1.21 bits per heavy atom. The summed E-state index contributed by atoms with van der Waals surface area (Å²) in [5, 5.41) is 12.2. The Hall–Kier alpha value is -2.70. The second-order valence-electron chi connectivity index (χ2n) is 9.55. The molecule has 1 aromatic heterocycles. The molecule has 2 unspecified atom stereocenters. The monoisotopic (exact) mass is 395 g/mol. The molecule has 1 saturated heterocycles. The van der Waals surface area contributed by atoms with Crippen LogP contribution >= 0.6 is 0 Å². The van der Waals surface area contributed by atoms with Gasteiger partial charge in [-0.3, -0.25) is 10.1 Å². The van der Waals surface area contributed by atoms with Crippen LogP contribution in [0.3, 0.4) is 0 Å². The number of fused-ring (bicyclic) bond motifs is 2. The van der Waals surface area contributed by atoms with Gasteiger partial charge in [0.15, 0.2) is 0 Å². The van der Waals surface area contributed by atoms with Gasteiger partial charge in [0.2, 0.25) is 11.6 Å². The Labute approximate surface area is 171 Å². The molecule has 1 aliphatic heterocycles. The van der Waals surface area contributed by atoms with E-state index in [1.54, 1.807) is 0 Å². The van der Waals surface area contributed by atoms with Gasteiger partial charge in [0.1, 0.15) is 6.33 Å². The van der Waals surface area contributed by atoms with Crippen LogP contribution in [0.5, 0.6) is 0 Å². The minimum atomic E-state index is -0.313. The molecule has 29 heavy (non-hydrogen) atoms. The lowest BCUT2D eigenvalue weighted by Crippen LogP contribution is -2.35. The number of hydrogen-bond donors (Lipinski definition) is 0.